The van der Waals surface area contributed by atoms with Crippen molar-refractivity contribution in [1.82, 2.24) is 0 Å². The third-order valence-corrected chi connectivity index (χ3v) is 7.53. The summed E-state index contributed by atoms with van der Waals surface area (Å²) < 4.78 is 0. The third-order valence-electron chi connectivity index (χ3n) is 7.53. The smallest absolute Gasteiger partial charge is 0.0850 e. The van der Waals surface area contributed by atoms with E-state index in [0.29, 0.717) is 12.8 Å². The molecule has 0 saturated carbocycles. The van der Waals surface area contributed by atoms with Crippen LogP contribution in [0, 0.1) is 5.92 Å². The molecule has 3 nitrogen and oxygen atoms in total. The van der Waals surface area contributed by atoms with E-state index in [1.807, 2.05) is 32.1 Å². The summed E-state index contributed by atoms with van der Waals surface area (Å²) in [7, 11) is 0. The molecule has 3 atom stereocenters. The Morgan fingerprint density at radius 3 is 2.21 bits per heavy atom. The number of aliphatic hydroxyl groups excluding tert-OH is 2. The molecule has 0 amide bonds. The molecule has 3 N–H and O–H groups in total. The summed E-state index contributed by atoms with van der Waals surface area (Å²) in [5.41, 5.74) is 6.01. The molecule has 34 heavy (non-hydrogen) atoms. The molecule has 2 aromatic rings. The van der Waals surface area contributed by atoms with Gasteiger partial charge in [-0.05, 0) is 71.9 Å². The van der Waals surface area contributed by atoms with Gasteiger partial charge in [0, 0.05) is 5.92 Å². The first-order chi connectivity index (χ1) is 16.4. The number of benzene rings is 2. The highest BCUT2D eigenvalue weighted by Gasteiger charge is 2.38. The van der Waals surface area contributed by atoms with Gasteiger partial charge in [-0.3, -0.25) is 0 Å². The zero-order valence-corrected chi connectivity index (χ0v) is 21.3. The molecule has 3 heteroatoms. The van der Waals surface area contributed by atoms with E-state index in [9.17, 15) is 15.3 Å². The Morgan fingerprint density at radius 1 is 0.882 bits per heavy atom. The molecular formula is C31H42O3. The van der Waals surface area contributed by atoms with Crippen LogP contribution in [0.1, 0.15) is 99.8 Å². The molecule has 3 unspecified atom stereocenters. The number of aliphatic hydroxyl groups is 3. The zero-order valence-electron chi connectivity index (χ0n) is 21.3. The summed E-state index contributed by atoms with van der Waals surface area (Å²) in [6, 6.07) is 14.9. The van der Waals surface area contributed by atoms with Gasteiger partial charge in [-0.1, -0.05) is 94.8 Å². The number of hydrogen-bond donors (Lipinski definition) is 3. The van der Waals surface area contributed by atoms with Crippen LogP contribution in [0.4, 0.5) is 0 Å². The van der Waals surface area contributed by atoms with E-state index >= 15 is 0 Å². The zero-order chi connectivity index (χ0) is 24.7. The molecule has 3 rings (SSSR count). The second-order valence-corrected chi connectivity index (χ2v) is 9.72. The Kier molecular flexibility index (Phi) is 9.30. The molecule has 0 spiro atoms. The topological polar surface area (TPSA) is 60.7 Å². The first-order valence-corrected chi connectivity index (χ1v) is 13.0. The van der Waals surface area contributed by atoms with Crippen molar-refractivity contribution in [2.75, 3.05) is 0 Å². The quantitative estimate of drug-likeness (QED) is 0.319. The van der Waals surface area contributed by atoms with Crippen LogP contribution < -0.4 is 0 Å². The molecule has 0 heterocycles. The molecule has 1 aliphatic carbocycles. The van der Waals surface area contributed by atoms with Gasteiger partial charge in [0.15, 0.2) is 0 Å². The molecule has 0 aliphatic heterocycles. The number of rotatable bonds is 11. The molecule has 0 aromatic heterocycles. The van der Waals surface area contributed by atoms with Crippen LogP contribution in [0.15, 0.2) is 60.7 Å². The lowest BCUT2D eigenvalue weighted by molar-refractivity contribution is 0.0296. The van der Waals surface area contributed by atoms with E-state index in [0.717, 1.165) is 43.2 Å². The van der Waals surface area contributed by atoms with Gasteiger partial charge in [0.1, 0.15) is 0 Å². The molecular weight excluding hydrogens is 420 g/mol. The Hall–Kier alpha value is -2.20. The van der Waals surface area contributed by atoms with Crippen molar-refractivity contribution in [2.45, 2.75) is 90.4 Å². The van der Waals surface area contributed by atoms with Crippen LogP contribution in [-0.4, -0.2) is 20.9 Å². The van der Waals surface area contributed by atoms with Gasteiger partial charge < -0.3 is 15.3 Å². The van der Waals surface area contributed by atoms with Gasteiger partial charge in [-0.25, -0.2) is 0 Å². The summed E-state index contributed by atoms with van der Waals surface area (Å²) in [5.74, 6) is -0.0918. The van der Waals surface area contributed by atoms with Crippen molar-refractivity contribution in [2.24, 2.45) is 5.92 Å². The molecule has 1 aliphatic rings. The van der Waals surface area contributed by atoms with Crippen LogP contribution in [-0.2, 0) is 12.8 Å². The van der Waals surface area contributed by atoms with Gasteiger partial charge >= 0.3 is 0 Å². The lowest BCUT2D eigenvalue weighted by Gasteiger charge is -2.20. The second-order valence-electron chi connectivity index (χ2n) is 9.72. The molecule has 0 radical (unpaired) electrons. The Balaban J connectivity index is 1.71. The largest absolute Gasteiger partial charge is 0.388 e. The number of hydrogen-bond acceptors (Lipinski definition) is 3. The Morgan fingerprint density at radius 2 is 1.56 bits per heavy atom. The summed E-state index contributed by atoms with van der Waals surface area (Å²) in [4.78, 5) is 0. The van der Waals surface area contributed by atoms with Gasteiger partial charge in [0.05, 0.1) is 17.8 Å². The van der Waals surface area contributed by atoms with E-state index in [4.69, 9.17) is 0 Å². The molecule has 184 valence electrons. The fourth-order valence-electron chi connectivity index (χ4n) is 5.05. The average Bonchev–Trinajstić information content (AvgIpc) is 3.10. The standard InChI is InChI=1S/C31H42O3/c1-5-11-27-29(32)26-18-17-23(21-28(26)30(27)33)16-15-22-12-9-13-25(20-22)24(6-2)14-10-19-31(34,7-3)8-4/h9-10,12-14,17-21,27,29-30,32-34H,5-8,11,15-16H2,1-4H3/b19-10+,24-14+. The Bertz CT molecular complexity index is 999. The number of aryl methyl sites for hydroxylation is 2. The van der Waals surface area contributed by atoms with E-state index in [1.54, 1.807) is 0 Å². The predicted octanol–water partition coefficient (Wildman–Crippen LogP) is 6.87. The van der Waals surface area contributed by atoms with Crippen LogP contribution in [0.25, 0.3) is 5.57 Å². The van der Waals surface area contributed by atoms with Crippen LogP contribution >= 0.6 is 0 Å². The van der Waals surface area contributed by atoms with Crippen LogP contribution in [0.2, 0.25) is 0 Å². The number of fused-ring (bicyclic) bond motifs is 1. The van der Waals surface area contributed by atoms with Crippen molar-refractivity contribution in [3.63, 3.8) is 0 Å². The minimum Gasteiger partial charge on any atom is -0.388 e. The molecule has 2 aromatic carbocycles. The maximum Gasteiger partial charge on any atom is 0.0850 e. The van der Waals surface area contributed by atoms with E-state index < -0.39 is 17.8 Å². The first-order valence-electron chi connectivity index (χ1n) is 13.0. The Labute approximate surface area is 205 Å². The van der Waals surface area contributed by atoms with E-state index in [2.05, 4.69) is 56.3 Å². The van der Waals surface area contributed by atoms with Crippen molar-refractivity contribution < 1.29 is 15.3 Å². The minimum atomic E-state index is -0.729. The molecule has 0 bridgehead atoms. The van der Waals surface area contributed by atoms with Gasteiger partial charge in [0.25, 0.3) is 0 Å². The minimum absolute atomic E-state index is 0.0918. The van der Waals surface area contributed by atoms with Crippen molar-refractivity contribution >= 4 is 5.57 Å². The highest BCUT2D eigenvalue weighted by Crippen LogP contribution is 2.46. The maximum atomic E-state index is 10.7. The predicted molar refractivity (Wildman–Crippen MR) is 142 cm³/mol. The molecule has 0 fully saturated rings. The number of allylic oxidation sites excluding steroid dienone is 3. The first kappa shape index (κ1) is 26.4. The van der Waals surface area contributed by atoms with Gasteiger partial charge in [-0.2, -0.15) is 0 Å². The van der Waals surface area contributed by atoms with Gasteiger partial charge in [-0.15, -0.1) is 0 Å². The van der Waals surface area contributed by atoms with E-state index in [-0.39, 0.29) is 5.92 Å². The SMILES string of the molecule is CCCC1C(O)c2ccc(CCc3cccc(/C(=C/C=C/C(O)(CC)CC)CC)c3)cc2C1O. The van der Waals surface area contributed by atoms with Gasteiger partial charge in [0.2, 0.25) is 0 Å². The highest BCUT2D eigenvalue weighted by molar-refractivity contribution is 5.67. The van der Waals surface area contributed by atoms with Crippen molar-refractivity contribution in [1.29, 1.82) is 0 Å². The van der Waals surface area contributed by atoms with Crippen molar-refractivity contribution in [3.05, 3.63) is 88.5 Å². The monoisotopic (exact) mass is 462 g/mol. The second kappa shape index (κ2) is 12.0. The summed E-state index contributed by atoms with van der Waals surface area (Å²) >= 11 is 0. The maximum absolute atomic E-state index is 10.7. The van der Waals surface area contributed by atoms with Crippen molar-refractivity contribution in [3.8, 4) is 0 Å². The summed E-state index contributed by atoms with van der Waals surface area (Å²) in [6.45, 7) is 8.27. The summed E-state index contributed by atoms with van der Waals surface area (Å²) in [5, 5.41) is 31.8. The summed E-state index contributed by atoms with van der Waals surface area (Å²) in [6.07, 6.45) is 10.8. The lowest BCUT2D eigenvalue weighted by Crippen LogP contribution is -2.22. The third kappa shape index (κ3) is 6.07. The average molecular weight is 463 g/mol. The van der Waals surface area contributed by atoms with E-state index in [1.165, 1.54) is 22.3 Å². The highest BCUT2D eigenvalue weighted by atomic mass is 16.3. The fourth-order valence-corrected chi connectivity index (χ4v) is 5.05. The molecule has 0 saturated heterocycles. The normalized spacial score (nSPS) is 20.8. The fraction of sp³-hybridized carbons (Fsp3) is 0.484. The van der Waals surface area contributed by atoms with Crippen LogP contribution in [0.5, 0.6) is 0 Å². The van der Waals surface area contributed by atoms with Crippen LogP contribution in [0.3, 0.4) is 0 Å². The lowest BCUT2D eigenvalue weighted by atomic mass is 9.95.